The van der Waals surface area contributed by atoms with E-state index >= 15 is 0 Å². The van der Waals surface area contributed by atoms with Crippen molar-refractivity contribution in [3.8, 4) is 0 Å². The minimum Gasteiger partial charge on any atom is -0.481 e. The zero-order valence-corrected chi connectivity index (χ0v) is 13.1. The lowest BCUT2D eigenvalue weighted by molar-refractivity contribution is -0.136. The second-order valence-corrected chi connectivity index (χ2v) is 6.40. The predicted octanol–water partition coefficient (Wildman–Crippen LogP) is 3.21. The summed E-state index contributed by atoms with van der Waals surface area (Å²) in [6.07, 6.45) is 0.444. The van der Waals surface area contributed by atoms with Gasteiger partial charge in [0.1, 0.15) is 0 Å². The van der Waals surface area contributed by atoms with Crippen molar-refractivity contribution in [1.29, 1.82) is 0 Å². The minimum atomic E-state index is -0.846. The molecule has 1 aromatic rings. The van der Waals surface area contributed by atoms with Crippen LogP contribution in [-0.4, -0.2) is 35.6 Å². The first-order valence-electron chi connectivity index (χ1n) is 7.01. The molecule has 0 radical (unpaired) electrons. The topological polar surface area (TPSA) is 69.6 Å². The van der Waals surface area contributed by atoms with Crippen molar-refractivity contribution in [1.82, 2.24) is 4.90 Å². The molecule has 0 spiro atoms. The fraction of sp³-hybridized carbons (Fsp3) is 0.500. The van der Waals surface area contributed by atoms with Crippen LogP contribution in [0.15, 0.2) is 24.3 Å². The van der Waals surface area contributed by atoms with Gasteiger partial charge in [0.05, 0.1) is 0 Å². The predicted molar refractivity (Wildman–Crippen MR) is 83.5 cm³/mol. The van der Waals surface area contributed by atoms with Gasteiger partial charge in [0, 0.05) is 25.7 Å². The maximum Gasteiger partial charge on any atom is 0.321 e. The fourth-order valence-electron chi connectivity index (χ4n) is 2.10. The van der Waals surface area contributed by atoms with Gasteiger partial charge in [-0.2, -0.15) is 0 Å². The molecule has 2 amide bonds. The number of carboxylic acid groups (broad SMARTS) is 1. The zero-order valence-electron chi connectivity index (χ0n) is 13.1. The van der Waals surface area contributed by atoms with E-state index in [1.54, 1.807) is 18.0 Å². The molecule has 0 unspecified atom stereocenters. The summed E-state index contributed by atoms with van der Waals surface area (Å²) in [6, 6.07) is 7.10. The molecule has 0 bridgehead atoms. The van der Waals surface area contributed by atoms with Crippen molar-refractivity contribution in [2.24, 2.45) is 5.41 Å². The molecule has 1 rings (SSSR count). The SMILES string of the molecule is CN(CC(C)(C)C)C(=O)Nc1ccccc1CCC(=O)O. The first-order valence-corrected chi connectivity index (χ1v) is 7.01. The lowest BCUT2D eigenvalue weighted by atomic mass is 9.96. The number of carbonyl (C=O) groups excluding carboxylic acids is 1. The maximum atomic E-state index is 12.2. The normalized spacial score (nSPS) is 11.0. The van der Waals surface area contributed by atoms with Gasteiger partial charge in [-0.25, -0.2) is 4.79 Å². The summed E-state index contributed by atoms with van der Waals surface area (Å²) in [5, 5.41) is 11.6. The number of benzene rings is 1. The number of rotatable bonds is 5. The summed E-state index contributed by atoms with van der Waals surface area (Å²) >= 11 is 0. The first-order chi connectivity index (χ1) is 9.69. The highest BCUT2D eigenvalue weighted by atomic mass is 16.4. The molecule has 0 saturated carbocycles. The number of amides is 2. The second kappa shape index (κ2) is 7.11. The number of carbonyl (C=O) groups is 2. The summed E-state index contributed by atoms with van der Waals surface area (Å²) in [7, 11) is 1.75. The van der Waals surface area contributed by atoms with Crippen LogP contribution in [0.5, 0.6) is 0 Å². The van der Waals surface area contributed by atoms with Crippen LogP contribution in [0, 0.1) is 5.41 Å². The van der Waals surface area contributed by atoms with Gasteiger partial charge in [-0.1, -0.05) is 39.0 Å². The molecular weight excluding hydrogens is 268 g/mol. The third-order valence-electron chi connectivity index (χ3n) is 2.93. The largest absolute Gasteiger partial charge is 0.481 e. The highest BCUT2D eigenvalue weighted by molar-refractivity contribution is 5.90. The number of hydrogen-bond acceptors (Lipinski definition) is 2. The van der Waals surface area contributed by atoms with Gasteiger partial charge in [0.15, 0.2) is 0 Å². The molecule has 0 heterocycles. The molecule has 0 fully saturated rings. The zero-order chi connectivity index (χ0) is 16.0. The number of para-hydroxylation sites is 1. The van der Waals surface area contributed by atoms with Crippen LogP contribution in [-0.2, 0) is 11.2 Å². The molecule has 2 N–H and O–H groups in total. The molecule has 0 aliphatic heterocycles. The molecule has 5 heteroatoms. The number of urea groups is 1. The summed E-state index contributed by atoms with van der Waals surface area (Å²) in [5.74, 6) is -0.846. The van der Waals surface area contributed by atoms with Crippen molar-refractivity contribution in [2.45, 2.75) is 33.6 Å². The van der Waals surface area contributed by atoms with E-state index in [2.05, 4.69) is 26.1 Å². The molecule has 0 saturated heterocycles. The van der Waals surface area contributed by atoms with Crippen LogP contribution >= 0.6 is 0 Å². The Morgan fingerprint density at radius 2 is 1.86 bits per heavy atom. The summed E-state index contributed by atoms with van der Waals surface area (Å²) in [6.45, 7) is 6.84. The smallest absolute Gasteiger partial charge is 0.321 e. The maximum absolute atomic E-state index is 12.2. The van der Waals surface area contributed by atoms with Gasteiger partial charge >= 0.3 is 12.0 Å². The van der Waals surface area contributed by atoms with E-state index < -0.39 is 5.97 Å². The molecule has 0 aliphatic rings. The number of nitrogens with one attached hydrogen (secondary N) is 1. The number of aliphatic carboxylic acids is 1. The van der Waals surface area contributed by atoms with Crippen LogP contribution in [0.4, 0.5) is 10.5 Å². The van der Waals surface area contributed by atoms with Crippen LogP contribution < -0.4 is 5.32 Å². The Morgan fingerprint density at radius 3 is 2.43 bits per heavy atom. The molecule has 0 aliphatic carbocycles. The monoisotopic (exact) mass is 292 g/mol. The van der Waals surface area contributed by atoms with Gasteiger partial charge < -0.3 is 15.3 Å². The van der Waals surface area contributed by atoms with Gasteiger partial charge in [0.25, 0.3) is 0 Å². The highest BCUT2D eigenvalue weighted by Crippen LogP contribution is 2.19. The molecule has 5 nitrogen and oxygen atoms in total. The summed E-state index contributed by atoms with van der Waals surface area (Å²) < 4.78 is 0. The van der Waals surface area contributed by atoms with Crippen LogP contribution in [0.25, 0.3) is 0 Å². The average Bonchev–Trinajstić information content (AvgIpc) is 2.35. The number of anilines is 1. The van der Waals surface area contributed by atoms with Crippen molar-refractivity contribution in [3.63, 3.8) is 0 Å². The lowest BCUT2D eigenvalue weighted by Crippen LogP contribution is -2.37. The Labute approximate surface area is 126 Å². The van der Waals surface area contributed by atoms with E-state index in [1.165, 1.54) is 0 Å². The Balaban J connectivity index is 2.73. The van der Waals surface area contributed by atoms with Crippen molar-refractivity contribution in [2.75, 3.05) is 18.9 Å². The summed E-state index contributed by atoms with van der Waals surface area (Å²) in [4.78, 5) is 24.5. The van der Waals surface area contributed by atoms with E-state index in [9.17, 15) is 9.59 Å². The van der Waals surface area contributed by atoms with E-state index in [0.717, 1.165) is 5.56 Å². The number of nitrogens with zero attached hydrogens (tertiary/aromatic N) is 1. The lowest BCUT2D eigenvalue weighted by Gasteiger charge is -2.27. The van der Waals surface area contributed by atoms with E-state index in [-0.39, 0.29) is 17.9 Å². The third-order valence-corrected chi connectivity index (χ3v) is 2.93. The number of hydrogen-bond donors (Lipinski definition) is 2. The van der Waals surface area contributed by atoms with E-state index in [1.807, 2.05) is 18.2 Å². The van der Waals surface area contributed by atoms with Gasteiger partial charge in [0.2, 0.25) is 0 Å². The van der Waals surface area contributed by atoms with Crippen molar-refractivity contribution >= 4 is 17.7 Å². The molecule has 1 aromatic carbocycles. The molecule has 0 atom stereocenters. The molecular formula is C16H24N2O3. The van der Waals surface area contributed by atoms with Gasteiger partial charge in [-0.05, 0) is 23.5 Å². The Morgan fingerprint density at radius 1 is 1.24 bits per heavy atom. The Kier molecular flexibility index (Phi) is 5.76. The Bertz CT molecular complexity index is 506. The van der Waals surface area contributed by atoms with E-state index in [4.69, 9.17) is 5.11 Å². The minimum absolute atomic E-state index is 0.0227. The molecule has 116 valence electrons. The second-order valence-electron chi connectivity index (χ2n) is 6.40. The van der Waals surface area contributed by atoms with Gasteiger partial charge in [-0.15, -0.1) is 0 Å². The highest BCUT2D eigenvalue weighted by Gasteiger charge is 2.18. The van der Waals surface area contributed by atoms with Crippen molar-refractivity contribution < 1.29 is 14.7 Å². The molecule has 0 aromatic heterocycles. The van der Waals surface area contributed by atoms with Crippen LogP contribution in [0.3, 0.4) is 0 Å². The third kappa shape index (κ3) is 6.29. The van der Waals surface area contributed by atoms with Crippen LogP contribution in [0.1, 0.15) is 32.8 Å². The average molecular weight is 292 g/mol. The fourth-order valence-corrected chi connectivity index (χ4v) is 2.10. The first kappa shape index (κ1) is 17.0. The summed E-state index contributed by atoms with van der Waals surface area (Å²) in [5.41, 5.74) is 1.52. The van der Waals surface area contributed by atoms with Gasteiger partial charge in [-0.3, -0.25) is 4.79 Å². The Hall–Kier alpha value is -2.04. The van der Waals surface area contributed by atoms with Crippen molar-refractivity contribution in [3.05, 3.63) is 29.8 Å². The van der Waals surface area contributed by atoms with Crippen LogP contribution in [0.2, 0.25) is 0 Å². The van der Waals surface area contributed by atoms with E-state index in [0.29, 0.717) is 18.7 Å². The quantitative estimate of drug-likeness (QED) is 0.875. The number of carboxylic acids is 1. The number of aryl methyl sites for hydroxylation is 1. The molecule has 21 heavy (non-hydrogen) atoms. The standard InChI is InChI=1S/C16H24N2O3/c1-16(2,3)11-18(4)15(21)17-13-8-6-5-7-12(13)9-10-14(19)20/h5-8H,9-11H2,1-4H3,(H,17,21)(H,19,20).